The summed E-state index contributed by atoms with van der Waals surface area (Å²) in [5, 5.41) is 0. The van der Waals surface area contributed by atoms with Gasteiger partial charge in [0.15, 0.2) is 0 Å². The number of amides is 1. The lowest BCUT2D eigenvalue weighted by Gasteiger charge is -2.41. The Morgan fingerprint density at radius 3 is 2.80 bits per heavy atom. The van der Waals surface area contributed by atoms with Crippen molar-refractivity contribution in [2.24, 2.45) is 11.3 Å². The van der Waals surface area contributed by atoms with E-state index in [2.05, 4.69) is 27.4 Å². The molecule has 86 valence electrons. The highest BCUT2D eigenvalue weighted by atomic mass is 16.2. The first-order valence-electron chi connectivity index (χ1n) is 5.92. The second-order valence-electron chi connectivity index (χ2n) is 5.17. The summed E-state index contributed by atoms with van der Waals surface area (Å²) in [4.78, 5) is 13.5. The Morgan fingerprint density at radius 2 is 2.27 bits per heavy atom. The summed E-state index contributed by atoms with van der Waals surface area (Å²) in [6.07, 6.45) is 4.99. The molecule has 1 atom stereocenters. The Labute approximate surface area is 93.3 Å². The van der Waals surface area contributed by atoms with E-state index in [0.29, 0.717) is 11.3 Å². The molecule has 0 radical (unpaired) electrons. The van der Waals surface area contributed by atoms with Crippen LogP contribution in [0.25, 0.3) is 0 Å². The predicted octanol–water partition coefficient (Wildman–Crippen LogP) is 2.85. The Kier molecular flexibility index (Phi) is 3.95. The fraction of sp³-hybridized carbons (Fsp3) is 0.769. The lowest BCUT2D eigenvalue weighted by Crippen LogP contribution is -2.43. The summed E-state index contributed by atoms with van der Waals surface area (Å²) in [6, 6.07) is 0. The maximum absolute atomic E-state index is 11.5. The van der Waals surface area contributed by atoms with Crippen LogP contribution in [0.1, 0.15) is 40.0 Å². The molecule has 1 fully saturated rings. The Bertz CT molecular complexity index is 245. The van der Waals surface area contributed by atoms with Crippen LogP contribution in [0, 0.1) is 11.3 Å². The molecule has 0 bridgehead atoms. The van der Waals surface area contributed by atoms with Gasteiger partial charge in [0.25, 0.3) is 0 Å². The minimum absolute atomic E-state index is 0.0894. The van der Waals surface area contributed by atoms with E-state index < -0.39 is 0 Å². The van der Waals surface area contributed by atoms with Crippen molar-refractivity contribution in [2.45, 2.75) is 40.0 Å². The zero-order chi connectivity index (χ0) is 11.5. The summed E-state index contributed by atoms with van der Waals surface area (Å²) in [7, 11) is 0. The fourth-order valence-electron chi connectivity index (χ4n) is 2.23. The van der Waals surface area contributed by atoms with Crippen molar-refractivity contribution in [3.05, 3.63) is 12.7 Å². The molecule has 1 aliphatic heterocycles. The summed E-state index contributed by atoms with van der Waals surface area (Å²) in [5.74, 6) is 0.728. The summed E-state index contributed by atoms with van der Waals surface area (Å²) < 4.78 is 0. The molecular formula is C13H23NO. The third-order valence-electron chi connectivity index (χ3n) is 3.92. The molecule has 0 saturated carbocycles. The predicted molar refractivity (Wildman–Crippen MR) is 63.6 cm³/mol. The lowest BCUT2D eigenvalue weighted by molar-refractivity contribution is -0.128. The largest absolute Gasteiger partial charge is 0.339 e. The van der Waals surface area contributed by atoms with Crippen LogP contribution in [0.3, 0.4) is 0 Å². The first kappa shape index (κ1) is 12.3. The molecule has 0 aromatic heterocycles. The van der Waals surface area contributed by atoms with Gasteiger partial charge in [-0.25, -0.2) is 0 Å². The van der Waals surface area contributed by atoms with Gasteiger partial charge in [0.2, 0.25) is 5.91 Å². The lowest BCUT2D eigenvalue weighted by atomic mass is 9.73. The van der Waals surface area contributed by atoms with Gasteiger partial charge in [-0.3, -0.25) is 4.79 Å². The molecule has 0 aromatic rings. The third kappa shape index (κ3) is 2.83. The van der Waals surface area contributed by atoms with Crippen molar-refractivity contribution in [1.29, 1.82) is 0 Å². The van der Waals surface area contributed by atoms with Crippen LogP contribution in [0.2, 0.25) is 0 Å². The van der Waals surface area contributed by atoms with Crippen molar-refractivity contribution < 1.29 is 4.79 Å². The summed E-state index contributed by atoms with van der Waals surface area (Å²) in [6.45, 7) is 12.2. The van der Waals surface area contributed by atoms with E-state index in [1.807, 2.05) is 4.90 Å². The van der Waals surface area contributed by atoms with E-state index >= 15 is 0 Å². The number of hydrogen-bond donors (Lipinski definition) is 0. The topological polar surface area (TPSA) is 20.3 Å². The van der Waals surface area contributed by atoms with E-state index in [4.69, 9.17) is 0 Å². The van der Waals surface area contributed by atoms with Crippen LogP contribution in [0.15, 0.2) is 12.7 Å². The van der Waals surface area contributed by atoms with E-state index in [1.54, 1.807) is 0 Å². The molecule has 1 aliphatic rings. The molecule has 1 amide bonds. The monoisotopic (exact) mass is 209 g/mol. The van der Waals surface area contributed by atoms with Crippen molar-refractivity contribution >= 4 is 5.91 Å². The van der Waals surface area contributed by atoms with Gasteiger partial charge >= 0.3 is 0 Å². The Hall–Kier alpha value is -0.790. The van der Waals surface area contributed by atoms with E-state index in [-0.39, 0.29) is 5.91 Å². The van der Waals surface area contributed by atoms with Gasteiger partial charge in [0.1, 0.15) is 0 Å². The number of rotatable bonds is 3. The molecule has 1 saturated heterocycles. The van der Waals surface area contributed by atoms with Crippen molar-refractivity contribution in [3.8, 4) is 0 Å². The first-order chi connectivity index (χ1) is 7.01. The van der Waals surface area contributed by atoms with Crippen LogP contribution in [0.4, 0.5) is 0 Å². The number of carbonyl (C=O) groups excluding carboxylic acids is 1. The van der Waals surface area contributed by atoms with Gasteiger partial charge in [0, 0.05) is 13.1 Å². The smallest absolute Gasteiger partial charge is 0.245 e. The highest BCUT2D eigenvalue weighted by molar-refractivity contribution is 5.87. The molecular weight excluding hydrogens is 186 g/mol. The van der Waals surface area contributed by atoms with E-state index in [0.717, 1.165) is 19.5 Å². The zero-order valence-electron chi connectivity index (χ0n) is 10.3. The molecule has 0 spiro atoms. The highest BCUT2D eigenvalue weighted by Gasteiger charge is 2.32. The van der Waals surface area contributed by atoms with Gasteiger partial charge in [0.05, 0.1) is 0 Å². The molecule has 0 aromatic carbocycles. The minimum atomic E-state index is 0.0894. The quantitative estimate of drug-likeness (QED) is 0.654. The van der Waals surface area contributed by atoms with Crippen LogP contribution >= 0.6 is 0 Å². The fourth-order valence-corrected chi connectivity index (χ4v) is 2.23. The average molecular weight is 209 g/mol. The number of hydrogen-bond acceptors (Lipinski definition) is 1. The highest BCUT2D eigenvalue weighted by Crippen LogP contribution is 2.36. The Balaban J connectivity index is 2.63. The minimum Gasteiger partial charge on any atom is -0.339 e. The normalized spacial score (nSPS) is 22.6. The molecule has 1 heterocycles. The van der Waals surface area contributed by atoms with Crippen molar-refractivity contribution in [2.75, 3.05) is 13.1 Å². The number of carbonyl (C=O) groups is 1. The van der Waals surface area contributed by atoms with Crippen LogP contribution in [0.5, 0.6) is 0 Å². The van der Waals surface area contributed by atoms with Gasteiger partial charge in [-0.1, -0.05) is 33.8 Å². The van der Waals surface area contributed by atoms with Crippen LogP contribution in [-0.2, 0) is 4.79 Å². The second kappa shape index (κ2) is 4.82. The maximum Gasteiger partial charge on any atom is 0.245 e. The summed E-state index contributed by atoms with van der Waals surface area (Å²) in [5.41, 5.74) is 0.347. The molecule has 1 rings (SSSR count). The molecule has 0 N–H and O–H groups in total. The SMILES string of the molecule is C=CC(=O)N1CCCC(C(C)(C)CC)C1. The molecule has 15 heavy (non-hydrogen) atoms. The standard InChI is InChI=1S/C13H23NO/c1-5-12(15)14-9-7-8-11(10-14)13(3,4)6-2/h5,11H,1,6-10H2,2-4H3. The third-order valence-corrected chi connectivity index (χ3v) is 3.92. The maximum atomic E-state index is 11.5. The summed E-state index contributed by atoms with van der Waals surface area (Å²) >= 11 is 0. The van der Waals surface area contributed by atoms with E-state index in [9.17, 15) is 4.79 Å². The van der Waals surface area contributed by atoms with E-state index in [1.165, 1.54) is 18.9 Å². The zero-order valence-corrected chi connectivity index (χ0v) is 10.3. The van der Waals surface area contributed by atoms with Crippen molar-refractivity contribution in [1.82, 2.24) is 4.90 Å². The number of nitrogens with zero attached hydrogens (tertiary/aromatic N) is 1. The van der Waals surface area contributed by atoms with Crippen LogP contribution in [-0.4, -0.2) is 23.9 Å². The Morgan fingerprint density at radius 1 is 1.60 bits per heavy atom. The first-order valence-corrected chi connectivity index (χ1v) is 5.92. The molecule has 2 nitrogen and oxygen atoms in total. The number of piperidine rings is 1. The van der Waals surface area contributed by atoms with Gasteiger partial charge < -0.3 is 4.90 Å². The molecule has 2 heteroatoms. The number of likely N-dealkylation sites (tertiary alicyclic amines) is 1. The molecule has 1 unspecified atom stereocenters. The molecule has 0 aliphatic carbocycles. The van der Waals surface area contributed by atoms with Crippen LogP contribution < -0.4 is 0 Å². The second-order valence-corrected chi connectivity index (χ2v) is 5.17. The van der Waals surface area contributed by atoms with Gasteiger partial charge in [-0.2, -0.15) is 0 Å². The van der Waals surface area contributed by atoms with Crippen molar-refractivity contribution in [3.63, 3.8) is 0 Å². The average Bonchev–Trinajstić information content (AvgIpc) is 2.28. The van der Waals surface area contributed by atoms with Gasteiger partial charge in [-0.15, -0.1) is 0 Å². The van der Waals surface area contributed by atoms with Gasteiger partial charge in [-0.05, 0) is 30.3 Å².